The van der Waals surface area contributed by atoms with Gasteiger partial charge in [0.2, 0.25) is 0 Å². The van der Waals surface area contributed by atoms with E-state index >= 15 is 0 Å². The van der Waals surface area contributed by atoms with Crippen molar-refractivity contribution < 1.29 is 0 Å². The zero-order valence-corrected chi connectivity index (χ0v) is 12.2. The number of guanidine groups is 1. The molecule has 0 fully saturated rings. The Kier molecular flexibility index (Phi) is 7.97. The van der Waals surface area contributed by atoms with Crippen molar-refractivity contribution in [3.8, 4) is 0 Å². The van der Waals surface area contributed by atoms with Crippen molar-refractivity contribution in [1.82, 2.24) is 0 Å². The maximum absolute atomic E-state index is 5.70. The molecule has 1 aromatic rings. The number of nitrogens with two attached hydrogens (primary N) is 1. The number of aliphatic imine (C=N–C) groups is 1. The lowest BCUT2D eigenvalue weighted by Crippen LogP contribution is -2.22. The minimum atomic E-state index is 0. The molecule has 0 spiro atoms. The number of hydrogen-bond acceptors (Lipinski definition) is 1. The molecule has 90 valence electrons. The third-order valence-electron chi connectivity index (χ3n) is 2.14. The van der Waals surface area contributed by atoms with E-state index in [2.05, 4.69) is 36.3 Å². The van der Waals surface area contributed by atoms with Gasteiger partial charge in [-0.2, -0.15) is 0 Å². The molecule has 0 aliphatic carbocycles. The molecule has 3 nitrogen and oxygen atoms in total. The van der Waals surface area contributed by atoms with Crippen LogP contribution in [-0.2, 0) is 6.42 Å². The Morgan fingerprint density at radius 3 is 2.38 bits per heavy atom. The normalized spacial score (nSPS) is 10.8. The molecule has 0 amide bonds. The molecule has 1 aromatic carbocycles. The fraction of sp³-hybridized carbons (Fsp3) is 0.417. The van der Waals surface area contributed by atoms with Gasteiger partial charge in [0.15, 0.2) is 5.96 Å². The molecule has 4 heteroatoms. The van der Waals surface area contributed by atoms with Crippen LogP contribution in [-0.4, -0.2) is 12.5 Å². The van der Waals surface area contributed by atoms with E-state index in [0.717, 1.165) is 25.1 Å². The van der Waals surface area contributed by atoms with Crippen LogP contribution in [0.5, 0.6) is 0 Å². The number of aryl methyl sites for hydroxylation is 1. The van der Waals surface area contributed by atoms with Crippen LogP contribution < -0.4 is 11.1 Å². The van der Waals surface area contributed by atoms with Gasteiger partial charge in [0.05, 0.1) is 0 Å². The van der Waals surface area contributed by atoms with Crippen molar-refractivity contribution in [3.05, 3.63) is 29.8 Å². The van der Waals surface area contributed by atoms with Crippen molar-refractivity contribution in [1.29, 1.82) is 0 Å². The van der Waals surface area contributed by atoms with Crippen molar-refractivity contribution in [2.24, 2.45) is 10.7 Å². The van der Waals surface area contributed by atoms with Gasteiger partial charge in [-0.15, -0.1) is 24.0 Å². The lowest BCUT2D eigenvalue weighted by molar-refractivity contribution is 0.929. The number of rotatable bonds is 4. The predicted molar refractivity (Wildman–Crippen MR) is 81.6 cm³/mol. The van der Waals surface area contributed by atoms with Crippen LogP contribution in [0.2, 0.25) is 0 Å². The van der Waals surface area contributed by atoms with Gasteiger partial charge >= 0.3 is 0 Å². The fourth-order valence-electron chi connectivity index (χ4n) is 1.24. The van der Waals surface area contributed by atoms with Gasteiger partial charge in [-0.25, -0.2) is 0 Å². The second-order valence-electron chi connectivity index (χ2n) is 3.44. The van der Waals surface area contributed by atoms with Crippen molar-refractivity contribution >= 4 is 35.6 Å². The van der Waals surface area contributed by atoms with E-state index in [1.54, 1.807) is 0 Å². The van der Waals surface area contributed by atoms with Gasteiger partial charge in [-0.3, -0.25) is 4.99 Å². The van der Waals surface area contributed by atoms with E-state index < -0.39 is 0 Å². The molecule has 0 saturated heterocycles. The predicted octanol–water partition coefficient (Wildman–Crippen LogP) is 3.00. The van der Waals surface area contributed by atoms with Gasteiger partial charge in [-0.1, -0.05) is 26.0 Å². The number of benzene rings is 1. The number of hydrogen-bond donors (Lipinski definition) is 2. The summed E-state index contributed by atoms with van der Waals surface area (Å²) in [6.07, 6.45) is 2.07. The fourth-order valence-corrected chi connectivity index (χ4v) is 1.24. The zero-order chi connectivity index (χ0) is 11.1. The van der Waals surface area contributed by atoms with Crippen LogP contribution in [0.4, 0.5) is 5.69 Å². The quantitative estimate of drug-likeness (QED) is 0.506. The average molecular weight is 333 g/mol. The minimum absolute atomic E-state index is 0. The zero-order valence-electron chi connectivity index (χ0n) is 9.86. The van der Waals surface area contributed by atoms with Crippen LogP contribution in [0.1, 0.15) is 25.8 Å². The molecule has 0 aliphatic heterocycles. The Balaban J connectivity index is 0.00000225. The molecule has 0 unspecified atom stereocenters. The first-order valence-electron chi connectivity index (χ1n) is 5.42. The molecule has 16 heavy (non-hydrogen) atoms. The van der Waals surface area contributed by atoms with Crippen molar-refractivity contribution in [2.45, 2.75) is 26.7 Å². The smallest absolute Gasteiger partial charge is 0.193 e. The van der Waals surface area contributed by atoms with Crippen LogP contribution in [0.3, 0.4) is 0 Å². The summed E-state index contributed by atoms with van der Waals surface area (Å²) in [5.41, 5.74) is 8.02. The average Bonchev–Trinajstić information content (AvgIpc) is 2.27. The Bertz CT molecular complexity index is 320. The molecule has 0 atom stereocenters. The van der Waals surface area contributed by atoms with E-state index in [1.165, 1.54) is 5.56 Å². The van der Waals surface area contributed by atoms with Crippen LogP contribution in [0, 0.1) is 0 Å². The standard InChI is InChI=1S/C12H19N3.HI/c1-3-9-14-12(13)15-11-7-5-10(4-2)6-8-11;/h5-8H,3-4,9H2,1-2H3,(H3,13,14,15);1H. The van der Waals surface area contributed by atoms with Crippen molar-refractivity contribution in [2.75, 3.05) is 11.9 Å². The van der Waals surface area contributed by atoms with Crippen LogP contribution >= 0.6 is 24.0 Å². The highest BCUT2D eigenvalue weighted by Gasteiger charge is 1.94. The summed E-state index contributed by atoms with van der Waals surface area (Å²) in [5.74, 6) is 0.487. The molecule has 0 saturated carbocycles. The van der Waals surface area contributed by atoms with Gasteiger partial charge < -0.3 is 11.1 Å². The number of nitrogens with zero attached hydrogens (tertiary/aromatic N) is 1. The maximum atomic E-state index is 5.70. The molecule has 0 aromatic heterocycles. The van der Waals surface area contributed by atoms with E-state index in [1.807, 2.05) is 12.1 Å². The monoisotopic (exact) mass is 333 g/mol. The third-order valence-corrected chi connectivity index (χ3v) is 2.14. The molecule has 0 radical (unpaired) electrons. The molecule has 0 aliphatic rings. The Hall–Kier alpha value is -0.780. The molecular weight excluding hydrogens is 313 g/mol. The topological polar surface area (TPSA) is 50.4 Å². The molecule has 0 bridgehead atoms. The Morgan fingerprint density at radius 2 is 1.88 bits per heavy atom. The number of anilines is 1. The lowest BCUT2D eigenvalue weighted by atomic mass is 10.1. The highest BCUT2D eigenvalue weighted by Crippen LogP contribution is 2.09. The van der Waals surface area contributed by atoms with Crippen LogP contribution in [0.25, 0.3) is 0 Å². The second kappa shape index (κ2) is 8.38. The molecule has 1 rings (SSSR count). The summed E-state index contributed by atoms with van der Waals surface area (Å²) in [6.45, 7) is 4.98. The third kappa shape index (κ3) is 5.34. The summed E-state index contributed by atoms with van der Waals surface area (Å²) in [5, 5.41) is 3.06. The van der Waals surface area contributed by atoms with Gasteiger partial charge in [0.1, 0.15) is 0 Å². The largest absolute Gasteiger partial charge is 0.370 e. The minimum Gasteiger partial charge on any atom is -0.370 e. The van der Waals surface area contributed by atoms with E-state index in [4.69, 9.17) is 5.73 Å². The summed E-state index contributed by atoms with van der Waals surface area (Å²) in [6, 6.07) is 8.23. The van der Waals surface area contributed by atoms with E-state index in [9.17, 15) is 0 Å². The summed E-state index contributed by atoms with van der Waals surface area (Å²) in [7, 11) is 0. The first kappa shape index (κ1) is 15.2. The Labute approximate surface area is 115 Å². The SMILES string of the molecule is CCCN=C(N)Nc1ccc(CC)cc1.I. The Morgan fingerprint density at radius 1 is 1.25 bits per heavy atom. The molecule has 0 heterocycles. The summed E-state index contributed by atoms with van der Waals surface area (Å²) >= 11 is 0. The molecular formula is C12H20IN3. The molecule has 3 N–H and O–H groups in total. The number of nitrogens with one attached hydrogen (secondary N) is 1. The maximum Gasteiger partial charge on any atom is 0.193 e. The van der Waals surface area contributed by atoms with Crippen molar-refractivity contribution in [3.63, 3.8) is 0 Å². The lowest BCUT2D eigenvalue weighted by Gasteiger charge is -2.05. The highest BCUT2D eigenvalue weighted by molar-refractivity contribution is 14.0. The van der Waals surface area contributed by atoms with Gasteiger partial charge in [-0.05, 0) is 30.5 Å². The summed E-state index contributed by atoms with van der Waals surface area (Å²) in [4.78, 5) is 4.16. The van der Waals surface area contributed by atoms with E-state index in [0.29, 0.717) is 5.96 Å². The number of halogens is 1. The van der Waals surface area contributed by atoms with Gasteiger partial charge in [0, 0.05) is 12.2 Å². The van der Waals surface area contributed by atoms with Crippen LogP contribution in [0.15, 0.2) is 29.3 Å². The van der Waals surface area contributed by atoms with E-state index in [-0.39, 0.29) is 24.0 Å². The highest BCUT2D eigenvalue weighted by atomic mass is 127. The summed E-state index contributed by atoms with van der Waals surface area (Å²) < 4.78 is 0. The first-order valence-corrected chi connectivity index (χ1v) is 5.42. The second-order valence-corrected chi connectivity index (χ2v) is 3.44. The first-order chi connectivity index (χ1) is 7.26. The van der Waals surface area contributed by atoms with Gasteiger partial charge in [0.25, 0.3) is 0 Å².